The van der Waals surface area contributed by atoms with E-state index in [1.165, 1.54) is 11.1 Å². The number of fused-ring (bicyclic) bond motifs is 1. The van der Waals surface area contributed by atoms with Gasteiger partial charge in [0.2, 0.25) is 0 Å². The highest BCUT2D eigenvalue weighted by Gasteiger charge is 2.36. The van der Waals surface area contributed by atoms with Crippen LogP contribution < -0.4 is 5.32 Å². The van der Waals surface area contributed by atoms with Crippen molar-refractivity contribution in [2.45, 2.75) is 50.8 Å². The fourth-order valence-corrected chi connectivity index (χ4v) is 3.90. The van der Waals surface area contributed by atoms with Crippen LogP contribution in [-0.2, 0) is 6.42 Å². The van der Waals surface area contributed by atoms with Crippen molar-refractivity contribution >= 4 is 6.03 Å². The zero-order chi connectivity index (χ0) is 16.4. The van der Waals surface area contributed by atoms with E-state index in [2.05, 4.69) is 24.4 Å². The third-order valence-corrected chi connectivity index (χ3v) is 5.21. The van der Waals surface area contributed by atoms with Gasteiger partial charge in [-0.1, -0.05) is 31.2 Å². The van der Waals surface area contributed by atoms with E-state index in [0.717, 1.165) is 19.3 Å². The SMILES string of the molecule is C[C@@H]1CCCc2ccccc2[C@@H]1NC(=O)N1C[C@@H](O)C[C@H]1CO. The lowest BCUT2D eigenvalue weighted by Gasteiger charge is -2.30. The molecule has 0 spiro atoms. The number of rotatable bonds is 2. The number of amides is 2. The molecular weight excluding hydrogens is 292 g/mol. The van der Waals surface area contributed by atoms with Gasteiger partial charge in [-0.3, -0.25) is 0 Å². The van der Waals surface area contributed by atoms with Crippen molar-refractivity contribution in [2.75, 3.05) is 13.2 Å². The van der Waals surface area contributed by atoms with Crippen LogP contribution in [0.15, 0.2) is 24.3 Å². The number of carbonyl (C=O) groups is 1. The summed E-state index contributed by atoms with van der Waals surface area (Å²) in [5.41, 5.74) is 2.51. The van der Waals surface area contributed by atoms with Crippen LogP contribution in [0, 0.1) is 5.92 Å². The maximum Gasteiger partial charge on any atom is 0.318 e. The number of aliphatic hydroxyl groups excluding tert-OH is 2. The van der Waals surface area contributed by atoms with Crippen molar-refractivity contribution in [1.29, 1.82) is 0 Å². The first kappa shape index (κ1) is 16.3. The molecule has 0 saturated carbocycles. The van der Waals surface area contributed by atoms with Crippen LogP contribution in [0.5, 0.6) is 0 Å². The number of hydrogen-bond donors (Lipinski definition) is 3. The van der Waals surface area contributed by atoms with E-state index in [4.69, 9.17) is 0 Å². The predicted octanol–water partition coefficient (Wildman–Crippen LogP) is 1.84. The maximum absolute atomic E-state index is 12.7. The van der Waals surface area contributed by atoms with Gasteiger partial charge in [0.15, 0.2) is 0 Å². The number of hydrogen-bond acceptors (Lipinski definition) is 3. The number of aliphatic hydroxyl groups is 2. The fraction of sp³-hybridized carbons (Fsp3) is 0.611. The highest BCUT2D eigenvalue weighted by atomic mass is 16.3. The van der Waals surface area contributed by atoms with Crippen LogP contribution in [0.4, 0.5) is 4.79 Å². The van der Waals surface area contributed by atoms with E-state index in [1.54, 1.807) is 4.90 Å². The number of aryl methyl sites for hydroxylation is 1. The van der Waals surface area contributed by atoms with Crippen LogP contribution in [-0.4, -0.2) is 46.4 Å². The third-order valence-electron chi connectivity index (χ3n) is 5.21. The lowest BCUT2D eigenvalue weighted by Crippen LogP contribution is -2.46. The van der Waals surface area contributed by atoms with Gasteiger partial charge in [0.1, 0.15) is 0 Å². The van der Waals surface area contributed by atoms with Gasteiger partial charge in [-0.05, 0) is 42.7 Å². The molecule has 3 N–H and O–H groups in total. The second kappa shape index (κ2) is 6.89. The molecule has 0 radical (unpaired) electrons. The Balaban J connectivity index is 1.79. The Kier molecular flexibility index (Phi) is 4.87. The van der Waals surface area contributed by atoms with Gasteiger partial charge in [0.25, 0.3) is 0 Å². The summed E-state index contributed by atoms with van der Waals surface area (Å²) in [6.45, 7) is 2.36. The molecule has 2 amide bonds. The molecule has 23 heavy (non-hydrogen) atoms. The quantitative estimate of drug-likeness (QED) is 0.729. The summed E-state index contributed by atoms with van der Waals surface area (Å²) >= 11 is 0. The zero-order valence-corrected chi connectivity index (χ0v) is 13.6. The van der Waals surface area contributed by atoms with E-state index in [0.29, 0.717) is 18.9 Å². The lowest BCUT2D eigenvalue weighted by atomic mass is 9.92. The lowest BCUT2D eigenvalue weighted by molar-refractivity contribution is 0.149. The minimum absolute atomic E-state index is 0.0155. The van der Waals surface area contributed by atoms with E-state index in [1.807, 2.05) is 12.1 Å². The van der Waals surface area contributed by atoms with Crippen molar-refractivity contribution in [3.8, 4) is 0 Å². The molecule has 1 heterocycles. The van der Waals surface area contributed by atoms with Gasteiger partial charge < -0.3 is 20.4 Å². The first-order chi connectivity index (χ1) is 11.1. The highest BCUT2D eigenvalue weighted by Crippen LogP contribution is 2.33. The summed E-state index contributed by atoms with van der Waals surface area (Å²) in [6.07, 6.45) is 3.16. The van der Waals surface area contributed by atoms with Crippen molar-refractivity contribution in [3.63, 3.8) is 0 Å². The standard InChI is InChI=1S/C18H26N2O3/c1-12-5-4-7-13-6-2-3-8-16(13)17(12)19-18(23)20-10-15(22)9-14(20)11-21/h2-3,6,8,12,14-15,17,21-22H,4-5,7,9-11H2,1H3,(H,19,23)/t12-,14+,15+,17-/m1/s1. The Hall–Kier alpha value is -1.59. The molecule has 0 aromatic heterocycles. The molecule has 1 saturated heterocycles. The van der Waals surface area contributed by atoms with Crippen molar-refractivity contribution in [1.82, 2.24) is 10.2 Å². The molecule has 1 aromatic rings. The van der Waals surface area contributed by atoms with Crippen LogP contribution in [0.25, 0.3) is 0 Å². The first-order valence-electron chi connectivity index (χ1n) is 8.54. The molecule has 0 unspecified atom stereocenters. The van der Waals surface area contributed by atoms with Crippen LogP contribution in [0.3, 0.4) is 0 Å². The second-order valence-corrected chi connectivity index (χ2v) is 6.87. The Morgan fingerprint density at radius 2 is 2.17 bits per heavy atom. The minimum atomic E-state index is -0.545. The van der Waals surface area contributed by atoms with Gasteiger partial charge >= 0.3 is 6.03 Å². The predicted molar refractivity (Wildman–Crippen MR) is 88.0 cm³/mol. The largest absolute Gasteiger partial charge is 0.394 e. The average Bonchev–Trinajstić information content (AvgIpc) is 2.86. The molecule has 1 aliphatic carbocycles. The fourth-order valence-electron chi connectivity index (χ4n) is 3.90. The normalized spacial score (nSPS) is 30.7. The first-order valence-corrected chi connectivity index (χ1v) is 8.54. The number of carbonyl (C=O) groups excluding carboxylic acids is 1. The third kappa shape index (κ3) is 3.35. The maximum atomic E-state index is 12.7. The monoisotopic (exact) mass is 318 g/mol. The Morgan fingerprint density at radius 1 is 1.39 bits per heavy atom. The Labute approximate surface area is 137 Å². The Morgan fingerprint density at radius 3 is 2.96 bits per heavy atom. The molecule has 2 aliphatic rings. The van der Waals surface area contributed by atoms with Gasteiger partial charge in [-0.25, -0.2) is 4.79 Å². The van der Waals surface area contributed by atoms with Crippen molar-refractivity contribution in [3.05, 3.63) is 35.4 Å². The van der Waals surface area contributed by atoms with Gasteiger partial charge in [-0.15, -0.1) is 0 Å². The zero-order valence-electron chi connectivity index (χ0n) is 13.6. The van der Waals surface area contributed by atoms with E-state index < -0.39 is 6.10 Å². The van der Waals surface area contributed by atoms with Crippen LogP contribution in [0.2, 0.25) is 0 Å². The topological polar surface area (TPSA) is 72.8 Å². The molecule has 126 valence electrons. The number of β-amino-alcohol motifs (C(OH)–C–C–N with tert-alkyl or cyclic N) is 1. The number of nitrogens with one attached hydrogen (secondary N) is 1. The summed E-state index contributed by atoms with van der Waals surface area (Å²) in [5, 5.41) is 22.4. The highest BCUT2D eigenvalue weighted by molar-refractivity contribution is 5.75. The van der Waals surface area contributed by atoms with Crippen LogP contribution >= 0.6 is 0 Å². The molecule has 0 bridgehead atoms. The van der Waals surface area contributed by atoms with Gasteiger partial charge in [0.05, 0.1) is 24.8 Å². The van der Waals surface area contributed by atoms with E-state index >= 15 is 0 Å². The molecule has 4 atom stereocenters. The molecule has 1 fully saturated rings. The van der Waals surface area contributed by atoms with Gasteiger partial charge in [-0.2, -0.15) is 0 Å². The Bertz CT molecular complexity index is 563. The molecule has 5 heteroatoms. The summed E-state index contributed by atoms with van der Waals surface area (Å²) < 4.78 is 0. The number of likely N-dealkylation sites (tertiary alicyclic amines) is 1. The summed E-state index contributed by atoms with van der Waals surface area (Å²) in [4.78, 5) is 14.3. The van der Waals surface area contributed by atoms with Crippen molar-refractivity contribution in [2.24, 2.45) is 5.92 Å². The van der Waals surface area contributed by atoms with Crippen LogP contribution in [0.1, 0.15) is 43.4 Å². The van der Waals surface area contributed by atoms with Crippen molar-refractivity contribution < 1.29 is 15.0 Å². The molecular formula is C18H26N2O3. The van der Waals surface area contributed by atoms with Gasteiger partial charge in [0, 0.05) is 6.54 Å². The number of urea groups is 1. The molecule has 1 aromatic carbocycles. The van der Waals surface area contributed by atoms with E-state index in [-0.39, 0.29) is 24.7 Å². The van der Waals surface area contributed by atoms with E-state index in [9.17, 15) is 15.0 Å². The molecule has 1 aliphatic heterocycles. The summed E-state index contributed by atoms with van der Waals surface area (Å²) in [6, 6.07) is 7.82. The summed E-state index contributed by atoms with van der Waals surface area (Å²) in [5.74, 6) is 0.364. The summed E-state index contributed by atoms with van der Waals surface area (Å²) in [7, 11) is 0. The minimum Gasteiger partial charge on any atom is -0.394 e. The molecule has 5 nitrogen and oxygen atoms in total. The second-order valence-electron chi connectivity index (χ2n) is 6.87. The average molecular weight is 318 g/mol. The number of benzene rings is 1. The number of nitrogens with zero attached hydrogens (tertiary/aromatic N) is 1. The smallest absolute Gasteiger partial charge is 0.318 e. The molecule has 3 rings (SSSR count).